The van der Waals surface area contributed by atoms with E-state index in [1.54, 1.807) is 13.2 Å². The molecule has 2 atom stereocenters. The molecule has 2 N–H and O–H groups in total. The average Bonchev–Trinajstić information content (AvgIpc) is 2.64. The van der Waals surface area contributed by atoms with Gasteiger partial charge in [-0.05, 0) is 62.3 Å². The van der Waals surface area contributed by atoms with Gasteiger partial charge in [0.15, 0.2) is 10.8 Å². The molecule has 2 heterocycles. The first kappa shape index (κ1) is 21.4. The van der Waals surface area contributed by atoms with Crippen molar-refractivity contribution >= 4 is 23.3 Å². The van der Waals surface area contributed by atoms with E-state index in [1.807, 2.05) is 25.1 Å². The quantitative estimate of drug-likeness (QED) is 0.421. The van der Waals surface area contributed by atoms with E-state index in [0.717, 1.165) is 22.4 Å². The Balaban J connectivity index is 1.84. The summed E-state index contributed by atoms with van der Waals surface area (Å²) in [5.41, 5.74) is 2.37. The van der Waals surface area contributed by atoms with Crippen molar-refractivity contribution in [3.63, 3.8) is 0 Å². The molecule has 164 valence electrons. The van der Waals surface area contributed by atoms with Crippen LogP contribution in [-0.4, -0.2) is 29.5 Å². The molecular formula is C24H28N2O4S. The van der Waals surface area contributed by atoms with Gasteiger partial charge in [0.25, 0.3) is 0 Å². The molecule has 7 heteroatoms. The van der Waals surface area contributed by atoms with Crippen LogP contribution in [0.15, 0.2) is 36.4 Å². The van der Waals surface area contributed by atoms with Crippen molar-refractivity contribution in [1.29, 1.82) is 0 Å². The summed E-state index contributed by atoms with van der Waals surface area (Å²) in [7, 11) is 1.66. The molecule has 1 fully saturated rings. The van der Waals surface area contributed by atoms with Crippen LogP contribution in [0, 0.1) is 6.92 Å². The molecule has 2 aromatic rings. The topological polar surface area (TPSA) is 68.8 Å². The normalized spacial score (nSPS) is 23.8. The smallest absolute Gasteiger partial charge is 0.308 e. The van der Waals surface area contributed by atoms with Crippen LogP contribution in [0.4, 0.5) is 0 Å². The third kappa shape index (κ3) is 4.32. The Kier molecular flexibility index (Phi) is 5.33. The van der Waals surface area contributed by atoms with Crippen molar-refractivity contribution in [1.82, 2.24) is 10.6 Å². The third-order valence-corrected chi connectivity index (χ3v) is 6.01. The zero-order chi connectivity index (χ0) is 22.4. The van der Waals surface area contributed by atoms with Gasteiger partial charge in [-0.1, -0.05) is 12.1 Å². The fourth-order valence-electron chi connectivity index (χ4n) is 4.83. The van der Waals surface area contributed by atoms with E-state index in [-0.39, 0.29) is 17.4 Å². The Morgan fingerprint density at radius 2 is 1.87 bits per heavy atom. The summed E-state index contributed by atoms with van der Waals surface area (Å²) in [5, 5.41) is 7.29. The average molecular weight is 441 g/mol. The molecular weight excluding hydrogens is 412 g/mol. The zero-order valence-corrected chi connectivity index (χ0v) is 19.3. The Morgan fingerprint density at radius 3 is 2.48 bits per heavy atom. The molecule has 1 saturated heterocycles. The first-order valence-electron chi connectivity index (χ1n) is 10.4. The minimum atomic E-state index is -0.676. The van der Waals surface area contributed by atoms with Gasteiger partial charge in [0.2, 0.25) is 0 Å². The van der Waals surface area contributed by atoms with E-state index in [9.17, 15) is 4.79 Å². The number of methoxy groups -OCH3 is 1. The number of hydrogen-bond donors (Lipinski definition) is 2. The lowest BCUT2D eigenvalue weighted by atomic mass is 9.76. The van der Waals surface area contributed by atoms with Crippen molar-refractivity contribution in [3.8, 4) is 17.2 Å². The van der Waals surface area contributed by atoms with Crippen molar-refractivity contribution in [3.05, 3.63) is 53.1 Å². The number of rotatable bonds is 3. The number of carbonyl (C=O) groups is 1. The second-order valence-electron chi connectivity index (χ2n) is 9.01. The number of hydrogen-bond acceptors (Lipinski definition) is 5. The summed E-state index contributed by atoms with van der Waals surface area (Å²) in [5.74, 6) is 1.71. The molecule has 2 aromatic carbocycles. The molecule has 4 rings (SSSR count). The molecule has 0 aromatic heterocycles. The third-order valence-electron chi connectivity index (χ3n) is 5.81. The highest BCUT2D eigenvalue weighted by atomic mass is 32.1. The summed E-state index contributed by atoms with van der Waals surface area (Å²) in [4.78, 5) is 11.5. The summed E-state index contributed by atoms with van der Waals surface area (Å²) >= 11 is 5.52. The molecule has 2 aliphatic rings. The van der Waals surface area contributed by atoms with Crippen molar-refractivity contribution in [2.45, 2.75) is 57.7 Å². The number of thiocarbonyl (C=S) groups is 1. The van der Waals surface area contributed by atoms with Crippen LogP contribution in [-0.2, 0) is 4.79 Å². The molecule has 0 radical (unpaired) electrons. The second-order valence-corrected chi connectivity index (χ2v) is 9.42. The summed E-state index contributed by atoms with van der Waals surface area (Å²) in [6.45, 7) is 7.65. The lowest BCUT2D eigenvalue weighted by Crippen LogP contribution is -2.69. The lowest BCUT2D eigenvalue weighted by Gasteiger charge is -2.50. The first-order valence-corrected chi connectivity index (χ1v) is 10.8. The van der Waals surface area contributed by atoms with Gasteiger partial charge in [-0.3, -0.25) is 4.79 Å². The Labute approximate surface area is 188 Å². The maximum absolute atomic E-state index is 11.5. The summed E-state index contributed by atoms with van der Waals surface area (Å²) in [6.07, 6.45) is 1.43. The van der Waals surface area contributed by atoms with Crippen LogP contribution in [0.5, 0.6) is 17.2 Å². The van der Waals surface area contributed by atoms with Gasteiger partial charge in [-0.2, -0.15) is 0 Å². The minimum Gasteiger partial charge on any atom is -0.497 e. The number of fused-ring (bicyclic) bond motifs is 1. The van der Waals surface area contributed by atoms with Crippen LogP contribution >= 0.6 is 12.2 Å². The minimum absolute atomic E-state index is 0.0743. The van der Waals surface area contributed by atoms with Crippen LogP contribution in [0.3, 0.4) is 0 Å². The predicted octanol–water partition coefficient (Wildman–Crippen LogP) is 4.19. The molecule has 0 aliphatic carbocycles. The van der Waals surface area contributed by atoms with E-state index in [2.05, 4.69) is 36.6 Å². The van der Waals surface area contributed by atoms with E-state index in [0.29, 0.717) is 29.5 Å². The SMILES string of the molecule is COc1ccc([C@@H]2C[C@]3(CC(C)(C)NC(=S)N3)Oc3cc(OC(C)=O)cc(C)c32)cc1. The molecule has 2 aliphatic heterocycles. The van der Waals surface area contributed by atoms with E-state index >= 15 is 0 Å². The molecule has 0 amide bonds. The highest BCUT2D eigenvalue weighted by Gasteiger charge is 2.49. The Hall–Kier alpha value is -2.80. The van der Waals surface area contributed by atoms with Crippen LogP contribution in [0.2, 0.25) is 0 Å². The zero-order valence-electron chi connectivity index (χ0n) is 18.5. The molecule has 0 bridgehead atoms. The molecule has 0 unspecified atom stereocenters. The molecule has 1 spiro atoms. The van der Waals surface area contributed by atoms with Gasteiger partial charge in [0, 0.05) is 42.9 Å². The summed E-state index contributed by atoms with van der Waals surface area (Å²) in [6, 6.07) is 11.8. The van der Waals surface area contributed by atoms with Crippen molar-refractivity contribution in [2.75, 3.05) is 7.11 Å². The fraction of sp³-hybridized carbons (Fsp3) is 0.417. The van der Waals surface area contributed by atoms with Gasteiger partial charge in [0.05, 0.1) is 7.11 Å². The highest BCUT2D eigenvalue weighted by molar-refractivity contribution is 7.80. The van der Waals surface area contributed by atoms with Gasteiger partial charge in [-0.25, -0.2) is 0 Å². The van der Waals surface area contributed by atoms with Gasteiger partial charge < -0.3 is 24.8 Å². The van der Waals surface area contributed by atoms with Gasteiger partial charge in [-0.15, -0.1) is 0 Å². The Bertz CT molecular complexity index is 1030. The van der Waals surface area contributed by atoms with Crippen LogP contribution in [0.25, 0.3) is 0 Å². The van der Waals surface area contributed by atoms with E-state index in [1.165, 1.54) is 6.92 Å². The molecule has 6 nitrogen and oxygen atoms in total. The monoisotopic (exact) mass is 440 g/mol. The van der Waals surface area contributed by atoms with Crippen LogP contribution < -0.4 is 24.8 Å². The van der Waals surface area contributed by atoms with Gasteiger partial charge >= 0.3 is 5.97 Å². The Morgan fingerprint density at radius 1 is 1.16 bits per heavy atom. The van der Waals surface area contributed by atoms with E-state index < -0.39 is 5.72 Å². The predicted molar refractivity (Wildman–Crippen MR) is 123 cm³/mol. The lowest BCUT2D eigenvalue weighted by molar-refractivity contribution is -0.131. The number of esters is 1. The number of benzene rings is 2. The first-order chi connectivity index (χ1) is 14.6. The van der Waals surface area contributed by atoms with Crippen molar-refractivity contribution in [2.24, 2.45) is 0 Å². The van der Waals surface area contributed by atoms with Crippen LogP contribution in [0.1, 0.15) is 56.2 Å². The van der Waals surface area contributed by atoms with Crippen molar-refractivity contribution < 1.29 is 19.0 Å². The largest absolute Gasteiger partial charge is 0.497 e. The van der Waals surface area contributed by atoms with Gasteiger partial charge in [0.1, 0.15) is 17.2 Å². The second kappa shape index (κ2) is 7.71. The maximum Gasteiger partial charge on any atom is 0.308 e. The number of nitrogens with one attached hydrogen (secondary N) is 2. The maximum atomic E-state index is 11.5. The number of aryl methyl sites for hydroxylation is 1. The number of carbonyl (C=O) groups excluding carboxylic acids is 1. The molecule has 0 saturated carbocycles. The standard InChI is InChI=1S/C24H28N2O4S/c1-14-10-18(29-15(2)27)11-20-21(14)19(16-6-8-17(28-5)9-7-16)12-24(30-20)13-23(3,4)25-22(31)26-24/h6-11,19H,12-13H2,1-5H3,(H2,25,26,31)/t19-,24+/m0/s1. The van der Waals surface area contributed by atoms with E-state index in [4.69, 9.17) is 26.4 Å². The number of ether oxygens (including phenoxy) is 3. The fourth-order valence-corrected chi connectivity index (χ4v) is 5.29. The summed E-state index contributed by atoms with van der Waals surface area (Å²) < 4.78 is 17.3. The highest BCUT2D eigenvalue weighted by Crippen LogP contribution is 2.49. The molecule has 31 heavy (non-hydrogen) atoms.